The summed E-state index contributed by atoms with van der Waals surface area (Å²) in [6.45, 7) is 0. The third kappa shape index (κ3) is 2.81. The second-order valence-corrected chi connectivity index (χ2v) is 6.05. The summed E-state index contributed by atoms with van der Waals surface area (Å²) < 4.78 is 0. The minimum Gasteiger partial charge on any atom is -0.353 e. The fourth-order valence-corrected chi connectivity index (χ4v) is 3.21. The van der Waals surface area contributed by atoms with Crippen molar-refractivity contribution in [2.24, 2.45) is 5.10 Å². The molecular formula is C18H15N5O3. The number of pyridine rings is 1. The number of H-pyrrole nitrogens is 1. The smallest absolute Gasteiger partial charge is 0.271 e. The molecule has 1 aliphatic rings. The molecule has 0 saturated carbocycles. The summed E-state index contributed by atoms with van der Waals surface area (Å²) >= 11 is 0. The Kier molecular flexibility index (Phi) is 3.92. The lowest BCUT2D eigenvalue weighted by Gasteiger charge is -2.14. The average Bonchev–Trinajstić information content (AvgIpc) is 3.05. The molecular weight excluding hydrogens is 334 g/mol. The van der Waals surface area contributed by atoms with Crippen LogP contribution in [0, 0.1) is 10.1 Å². The SMILES string of the molecule is O=C(N/N=C1/CCCc2c1[nH]c1ccc([N+](=O)[O-])cc21)c1ccncc1. The summed E-state index contributed by atoms with van der Waals surface area (Å²) in [5.74, 6) is -0.307. The van der Waals surface area contributed by atoms with E-state index in [9.17, 15) is 14.9 Å². The van der Waals surface area contributed by atoms with Crippen LogP contribution in [0.2, 0.25) is 0 Å². The van der Waals surface area contributed by atoms with Gasteiger partial charge >= 0.3 is 0 Å². The van der Waals surface area contributed by atoms with Crippen molar-refractivity contribution in [3.63, 3.8) is 0 Å². The Morgan fingerprint density at radius 1 is 1.23 bits per heavy atom. The molecule has 0 aliphatic heterocycles. The first kappa shape index (κ1) is 15.9. The Morgan fingerprint density at radius 2 is 2.04 bits per heavy atom. The third-order valence-corrected chi connectivity index (χ3v) is 4.46. The van der Waals surface area contributed by atoms with E-state index in [2.05, 4.69) is 20.5 Å². The van der Waals surface area contributed by atoms with E-state index in [4.69, 9.17) is 0 Å². The van der Waals surface area contributed by atoms with Crippen molar-refractivity contribution in [3.8, 4) is 0 Å². The molecule has 1 aliphatic carbocycles. The Hall–Kier alpha value is -3.55. The number of nitrogens with zero attached hydrogens (tertiary/aromatic N) is 3. The van der Waals surface area contributed by atoms with Crippen LogP contribution >= 0.6 is 0 Å². The van der Waals surface area contributed by atoms with Crippen LogP contribution in [0.15, 0.2) is 47.8 Å². The lowest BCUT2D eigenvalue weighted by molar-refractivity contribution is -0.384. The molecule has 0 spiro atoms. The minimum atomic E-state index is -0.397. The number of fused-ring (bicyclic) bond motifs is 3. The number of nitro benzene ring substituents is 1. The molecule has 0 saturated heterocycles. The Bertz CT molecular complexity index is 1040. The van der Waals surface area contributed by atoms with E-state index >= 15 is 0 Å². The number of carbonyl (C=O) groups is 1. The van der Waals surface area contributed by atoms with Crippen molar-refractivity contribution >= 4 is 28.2 Å². The topological polar surface area (TPSA) is 113 Å². The van der Waals surface area contributed by atoms with Gasteiger partial charge < -0.3 is 4.98 Å². The van der Waals surface area contributed by atoms with Crippen molar-refractivity contribution in [3.05, 3.63) is 69.7 Å². The molecule has 4 rings (SSSR count). The van der Waals surface area contributed by atoms with Crippen LogP contribution in [0.3, 0.4) is 0 Å². The predicted molar refractivity (Wildman–Crippen MR) is 96.1 cm³/mol. The fraction of sp³-hybridized carbons (Fsp3) is 0.167. The van der Waals surface area contributed by atoms with Gasteiger partial charge in [0.25, 0.3) is 11.6 Å². The van der Waals surface area contributed by atoms with Gasteiger partial charge in [0, 0.05) is 41.0 Å². The van der Waals surface area contributed by atoms with Gasteiger partial charge in [0.05, 0.1) is 16.3 Å². The summed E-state index contributed by atoms with van der Waals surface area (Å²) in [6.07, 6.45) is 5.50. The Labute approximate surface area is 148 Å². The molecule has 8 heteroatoms. The second-order valence-electron chi connectivity index (χ2n) is 6.05. The summed E-state index contributed by atoms with van der Waals surface area (Å²) in [6, 6.07) is 8.00. The van der Waals surface area contributed by atoms with Crippen molar-refractivity contribution in [2.75, 3.05) is 0 Å². The molecule has 0 atom stereocenters. The number of aromatic nitrogens is 2. The van der Waals surface area contributed by atoms with Crippen LogP contribution in [-0.2, 0) is 6.42 Å². The number of amides is 1. The number of benzene rings is 1. The number of nitrogens with one attached hydrogen (secondary N) is 2. The van der Waals surface area contributed by atoms with E-state index in [0.717, 1.165) is 47.1 Å². The summed E-state index contributed by atoms with van der Waals surface area (Å²) in [5, 5.41) is 16.2. The molecule has 2 N–H and O–H groups in total. The number of aromatic amines is 1. The number of aryl methyl sites for hydroxylation is 1. The molecule has 1 aromatic carbocycles. The first-order valence-electron chi connectivity index (χ1n) is 8.20. The number of nitro groups is 1. The standard InChI is InChI=1S/C18H15N5O3/c24-18(11-6-8-19-9-7-11)22-21-16-3-1-2-13-14-10-12(23(25)26)4-5-15(14)20-17(13)16/h4-10,20H,1-3H2,(H,22,24)/b21-16-. The van der Waals surface area contributed by atoms with Gasteiger partial charge in [-0.1, -0.05) is 0 Å². The summed E-state index contributed by atoms with van der Waals surface area (Å²) in [4.78, 5) is 30.0. The highest BCUT2D eigenvalue weighted by Crippen LogP contribution is 2.31. The van der Waals surface area contributed by atoms with Gasteiger partial charge in [-0.2, -0.15) is 5.10 Å². The lowest BCUT2D eigenvalue weighted by atomic mass is 9.94. The summed E-state index contributed by atoms with van der Waals surface area (Å²) in [5.41, 5.74) is 6.53. The van der Waals surface area contributed by atoms with Crippen LogP contribution < -0.4 is 5.43 Å². The average molecular weight is 349 g/mol. The van der Waals surface area contributed by atoms with E-state index < -0.39 is 4.92 Å². The number of rotatable bonds is 3. The quantitative estimate of drug-likeness (QED) is 0.559. The number of carbonyl (C=O) groups excluding carboxylic acids is 1. The number of hydrogen-bond acceptors (Lipinski definition) is 5. The molecule has 2 aromatic heterocycles. The van der Waals surface area contributed by atoms with E-state index in [1.54, 1.807) is 36.7 Å². The zero-order valence-electron chi connectivity index (χ0n) is 13.7. The van der Waals surface area contributed by atoms with Crippen LogP contribution in [0.4, 0.5) is 5.69 Å². The molecule has 3 aromatic rings. The maximum absolute atomic E-state index is 12.2. The Balaban J connectivity index is 1.68. The molecule has 0 radical (unpaired) electrons. The molecule has 2 heterocycles. The van der Waals surface area contributed by atoms with Gasteiger partial charge in [0.1, 0.15) is 0 Å². The number of hydrogen-bond donors (Lipinski definition) is 2. The normalized spacial score (nSPS) is 15.0. The van der Waals surface area contributed by atoms with Gasteiger partial charge in [0.15, 0.2) is 0 Å². The highest BCUT2D eigenvalue weighted by atomic mass is 16.6. The zero-order valence-corrected chi connectivity index (χ0v) is 13.7. The highest BCUT2D eigenvalue weighted by Gasteiger charge is 2.22. The van der Waals surface area contributed by atoms with Gasteiger partial charge in [-0.05, 0) is 43.0 Å². The molecule has 0 bridgehead atoms. The molecule has 130 valence electrons. The van der Waals surface area contributed by atoms with Gasteiger partial charge in [0.2, 0.25) is 0 Å². The van der Waals surface area contributed by atoms with E-state index in [-0.39, 0.29) is 11.6 Å². The fourth-order valence-electron chi connectivity index (χ4n) is 3.21. The monoisotopic (exact) mass is 349 g/mol. The maximum Gasteiger partial charge on any atom is 0.271 e. The lowest BCUT2D eigenvalue weighted by Crippen LogP contribution is -2.22. The van der Waals surface area contributed by atoms with Crippen LogP contribution in [-0.4, -0.2) is 26.5 Å². The first-order valence-corrected chi connectivity index (χ1v) is 8.20. The van der Waals surface area contributed by atoms with Crippen LogP contribution in [0.5, 0.6) is 0 Å². The van der Waals surface area contributed by atoms with Crippen LogP contribution in [0.1, 0.15) is 34.5 Å². The number of hydrazone groups is 1. The highest BCUT2D eigenvalue weighted by molar-refractivity contribution is 6.07. The first-order chi connectivity index (χ1) is 12.6. The predicted octanol–water partition coefficient (Wildman–Crippen LogP) is 2.94. The van der Waals surface area contributed by atoms with E-state index in [1.807, 2.05) is 0 Å². The van der Waals surface area contributed by atoms with Crippen LogP contribution in [0.25, 0.3) is 10.9 Å². The molecule has 8 nitrogen and oxygen atoms in total. The van der Waals surface area contributed by atoms with Crippen molar-refractivity contribution in [1.29, 1.82) is 0 Å². The van der Waals surface area contributed by atoms with E-state index in [0.29, 0.717) is 5.56 Å². The largest absolute Gasteiger partial charge is 0.353 e. The Morgan fingerprint density at radius 3 is 2.81 bits per heavy atom. The maximum atomic E-state index is 12.2. The van der Waals surface area contributed by atoms with Crippen molar-refractivity contribution in [1.82, 2.24) is 15.4 Å². The second kappa shape index (κ2) is 6.40. The number of non-ortho nitro benzene ring substituents is 1. The molecule has 0 fully saturated rings. The van der Waals surface area contributed by atoms with E-state index in [1.165, 1.54) is 6.07 Å². The van der Waals surface area contributed by atoms with Gasteiger partial charge in [-0.15, -0.1) is 0 Å². The molecule has 1 amide bonds. The molecule has 26 heavy (non-hydrogen) atoms. The minimum absolute atomic E-state index is 0.0642. The van der Waals surface area contributed by atoms with Gasteiger partial charge in [-0.3, -0.25) is 19.9 Å². The van der Waals surface area contributed by atoms with Crippen molar-refractivity contribution < 1.29 is 9.72 Å². The third-order valence-electron chi connectivity index (χ3n) is 4.46. The zero-order chi connectivity index (χ0) is 18.1. The van der Waals surface area contributed by atoms with Gasteiger partial charge in [-0.25, -0.2) is 5.43 Å². The van der Waals surface area contributed by atoms with Crippen molar-refractivity contribution in [2.45, 2.75) is 19.3 Å². The molecule has 0 unspecified atom stereocenters. The summed E-state index contributed by atoms with van der Waals surface area (Å²) in [7, 11) is 0.